The molecule has 3 rings (SSSR count). The van der Waals surface area contributed by atoms with Crippen molar-refractivity contribution in [2.75, 3.05) is 23.0 Å². The van der Waals surface area contributed by atoms with Crippen LogP contribution in [-0.4, -0.2) is 23.2 Å². The minimum absolute atomic E-state index is 0.148. The smallest absolute Gasteiger partial charge is 0.265 e. The number of nitrogens with zero attached hydrogens (tertiary/aromatic N) is 1. The Morgan fingerprint density at radius 2 is 1.64 bits per heavy atom. The first kappa shape index (κ1) is 17.1. The number of anilines is 3. The van der Waals surface area contributed by atoms with Gasteiger partial charge in [0.1, 0.15) is 5.00 Å². The molecule has 2 aromatic heterocycles. The maximum atomic E-state index is 12.4. The summed E-state index contributed by atoms with van der Waals surface area (Å²) >= 11 is 2.64. The molecule has 0 saturated carbocycles. The molecule has 128 valence electrons. The number of aryl methyl sites for hydroxylation is 1. The molecule has 3 aromatic rings. The summed E-state index contributed by atoms with van der Waals surface area (Å²) < 4.78 is 4.19. The van der Waals surface area contributed by atoms with Crippen LogP contribution in [0.2, 0.25) is 0 Å². The van der Waals surface area contributed by atoms with E-state index in [-0.39, 0.29) is 11.8 Å². The minimum atomic E-state index is -0.217. The number of thiophene rings is 1. The summed E-state index contributed by atoms with van der Waals surface area (Å²) in [6.07, 6.45) is 0. The topological polar surface area (TPSA) is 83.1 Å². The van der Waals surface area contributed by atoms with E-state index in [1.165, 1.54) is 22.9 Å². The first-order valence-corrected chi connectivity index (χ1v) is 9.14. The molecule has 0 aliphatic heterocycles. The van der Waals surface area contributed by atoms with Crippen molar-refractivity contribution >= 4 is 51.1 Å². The monoisotopic (exact) mass is 372 g/mol. The normalized spacial score (nSPS) is 10.3. The standard InChI is InChI=1S/C17H16N4O2S2/c1-10-14(17(18-2)25-21-10)16(23)20-12-7-5-11(6-8-12)19-15(22)13-4-3-9-24-13/h3-9,18H,1-2H3,(H,19,22)(H,20,23). The Kier molecular flexibility index (Phi) is 5.11. The van der Waals surface area contributed by atoms with Crippen molar-refractivity contribution in [1.82, 2.24) is 4.37 Å². The van der Waals surface area contributed by atoms with Crippen LogP contribution in [0.5, 0.6) is 0 Å². The van der Waals surface area contributed by atoms with E-state index in [4.69, 9.17) is 0 Å². The second-order valence-corrected chi connectivity index (χ2v) is 6.91. The van der Waals surface area contributed by atoms with Crippen LogP contribution in [0.3, 0.4) is 0 Å². The summed E-state index contributed by atoms with van der Waals surface area (Å²) in [5.74, 6) is -0.364. The van der Waals surface area contributed by atoms with Crippen molar-refractivity contribution < 1.29 is 9.59 Å². The zero-order chi connectivity index (χ0) is 17.8. The van der Waals surface area contributed by atoms with Crippen molar-refractivity contribution in [3.8, 4) is 0 Å². The van der Waals surface area contributed by atoms with Gasteiger partial charge in [-0.1, -0.05) is 6.07 Å². The van der Waals surface area contributed by atoms with Crippen LogP contribution in [0.4, 0.5) is 16.4 Å². The van der Waals surface area contributed by atoms with Crippen molar-refractivity contribution in [2.45, 2.75) is 6.92 Å². The lowest BCUT2D eigenvalue weighted by atomic mass is 10.2. The van der Waals surface area contributed by atoms with Gasteiger partial charge < -0.3 is 16.0 Å². The highest BCUT2D eigenvalue weighted by molar-refractivity contribution is 7.12. The Morgan fingerprint density at radius 1 is 1.00 bits per heavy atom. The molecule has 0 aliphatic rings. The Balaban J connectivity index is 1.67. The van der Waals surface area contributed by atoms with Crippen LogP contribution in [0.25, 0.3) is 0 Å². The second-order valence-electron chi connectivity index (χ2n) is 5.19. The van der Waals surface area contributed by atoms with Crippen LogP contribution in [-0.2, 0) is 0 Å². The van der Waals surface area contributed by atoms with Crippen LogP contribution < -0.4 is 16.0 Å². The van der Waals surface area contributed by atoms with E-state index in [1.807, 2.05) is 11.4 Å². The molecule has 0 bridgehead atoms. The van der Waals surface area contributed by atoms with Crippen molar-refractivity contribution in [3.05, 3.63) is 57.9 Å². The molecule has 0 saturated heterocycles. The molecule has 8 heteroatoms. The van der Waals surface area contributed by atoms with E-state index in [1.54, 1.807) is 44.3 Å². The zero-order valence-corrected chi connectivity index (χ0v) is 15.3. The van der Waals surface area contributed by atoms with E-state index < -0.39 is 0 Å². The third-order valence-electron chi connectivity index (χ3n) is 3.46. The van der Waals surface area contributed by atoms with Crippen LogP contribution in [0, 0.1) is 6.92 Å². The van der Waals surface area contributed by atoms with E-state index in [0.717, 1.165) is 5.00 Å². The summed E-state index contributed by atoms with van der Waals surface area (Å²) in [6.45, 7) is 1.80. The maximum Gasteiger partial charge on any atom is 0.265 e. The van der Waals surface area contributed by atoms with Gasteiger partial charge in [-0.2, -0.15) is 4.37 Å². The van der Waals surface area contributed by atoms with Gasteiger partial charge in [-0.15, -0.1) is 11.3 Å². The third kappa shape index (κ3) is 3.86. The molecular weight excluding hydrogens is 356 g/mol. The predicted octanol–water partition coefficient (Wildman–Crippen LogP) is 4.06. The fourth-order valence-electron chi connectivity index (χ4n) is 2.24. The third-order valence-corrected chi connectivity index (χ3v) is 5.29. The number of rotatable bonds is 5. The summed E-state index contributed by atoms with van der Waals surface area (Å²) in [7, 11) is 1.76. The van der Waals surface area contributed by atoms with Crippen LogP contribution >= 0.6 is 22.9 Å². The summed E-state index contributed by atoms with van der Waals surface area (Å²) in [6, 6.07) is 10.6. The second kappa shape index (κ2) is 7.45. The maximum absolute atomic E-state index is 12.4. The Bertz CT molecular complexity index is 886. The molecular formula is C17H16N4O2S2. The summed E-state index contributed by atoms with van der Waals surface area (Å²) in [5.41, 5.74) is 2.54. The average molecular weight is 372 g/mol. The highest BCUT2D eigenvalue weighted by Crippen LogP contribution is 2.25. The predicted molar refractivity (Wildman–Crippen MR) is 103 cm³/mol. The lowest BCUT2D eigenvalue weighted by Gasteiger charge is -2.08. The molecule has 0 unspecified atom stereocenters. The molecule has 0 aliphatic carbocycles. The van der Waals surface area contributed by atoms with E-state index in [9.17, 15) is 9.59 Å². The van der Waals surface area contributed by atoms with Crippen LogP contribution in [0.15, 0.2) is 41.8 Å². The van der Waals surface area contributed by atoms with Gasteiger partial charge in [0.15, 0.2) is 0 Å². The number of aromatic nitrogens is 1. The number of hydrogen-bond donors (Lipinski definition) is 3. The van der Waals surface area contributed by atoms with Gasteiger partial charge in [0.25, 0.3) is 11.8 Å². The molecule has 0 spiro atoms. The lowest BCUT2D eigenvalue weighted by Crippen LogP contribution is -2.14. The number of carbonyl (C=O) groups excluding carboxylic acids is 2. The number of carbonyl (C=O) groups is 2. The number of amides is 2. The van der Waals surface area contributed by atoms with Gasteiger partial charge in [0.2, 0.25) is 0 Å². The molecule has 6 nitrogen and oxygen atoms in total. The molecule has 3 N–H and O–H groups in total. The Morgan fingerprint density at radius 3 is 2.20 bits per heavy atom. The quantitative estimate of drug-likeness (QED) is 0.631. The molecule has 2 heterocycles. The first-order chi connectivity index (χ1) is 12.1. The summed E-state index contributed by atoms with van der Waals surface area (Å²) in [4.78, 5) is 25.1. The van der Waals surface area contributed by atoms with E-state index in [0.29, 0.717) is 27.5 Å². The number of hydrogen-bond acceptors (Lipinski definition) is 6. The first-order valence-electron chi connectivity index (χ1n) is 7.49. The van der Waals surface area contributed by atoms with Gasteiger partial charge in [-0.05, 0) is 54.2 Å². The number of benzene rings is 1. The molecule has 0 fully saturated rings. The highest BCUT2D eigenvalue weighted by Gasteiger charge is 2.17. The van der Waals surface area contributed by atoms with Gasteiger partial charge in [-0.25, -0.2) is 0 Å². The van der Waals surface area contributed by atoms with Gasteiger partial charge in [0.05, 0.1) is 16.1 Å². The SMILES string of the molecule is CNc1snc(C)c1C(=O)Nc1ccc(NC(=O)c2cccs2)cc1. The molecule has 0 radical (unpaired) electrons. The number of nitrogens with one attached hydrogen (secondary N) is 3. The van der Waals surface area contributed by atoms with E-state index in [2.05, 4.69) is 20.3 Å². The van der Waals surface area contributed by atoms with Crippen molar-refractivity contribution in [2.24, 2.45) is 0 Å². The average Bonchev–Trinajstić information content (AvgIpc) is 3.26. The van der Waals surface area contributed by atoms with Gasteiger partial charge >= 0.3 is 0 Å². The molecule has 2 amide bonds. The molecule has 1 aromatic carbocycles. The highest BCUT2D eigenvalue weighted by atomic mass is 32.1. The lowest BCUT2D eigenvalue weighted by molar-refractivity contribution is 0.102. The Hall–Kier alpha value is -2.71. The largest absolute Gasteiger partial charge is 0.378 e. The van der Waals surface area contributed by atoms with Crippen molar-refractivity contribution in [3.63, 3.8) is 0 Å². The molecule has 0 atom stereocenters. The Labute approximate surface area is 153 Å². The van der Waals surface area contributed by atoms with Gasteiger partial charge in [0, 0.05) is 18.4 Å². The van der Waals surface area contributed by atoms with Gasteiger partial charge in [-0.3, -0.25) is 9.59 Å². The minimum Gasteiger partial charge on any atom is -0.378 e. The van der Waals surface area contributed by atoms with E-state index >= 15 is 0 Å². The van der Waals surface area contributed by atoms with Crippen molar-refractivity contribution in [1.29, 1.82) is 0 Å². The fourth-order valence-corrected chi connectivity index (χ4v) is 3.60. The molecule has 25 heavy (non-hydrogen) atoms. The van der Waals surface area contributed by atoms with Crippen LogP contribution in [0.1, 0.15) is 25.7 Å². The summed E-state index contributed by atoms with van der Waals surface area (Å²) in [5, 5.41) is 11.2. The zero-order valence-electron chi connectivity index (χ0n) is 13.6. The fraction of sp³-hybridized carbons (Fsp3) is 0.118.